The molecule has 1 N–H and O–H groups in total. The third kappa shape index (κ3) is 3.55. The number of rotatable bonds is 3. The molecule has 1 unspecified atom stereocenters. The third-order valence-electron chi connectivity index (χ3n) is 3.88. The SMILES string of the molecule is CCC1CCCN(C(=O)c2cc(S(=O)(=O)Cl)c[nH]2)CC1. The van der Waals surface area contributed by atoms with Gasteiger partial charge in [-0.05, 0) is 31.2 Å². The average molecular weight is 319 g/mol. The Labute approximate surface area is 123 Å². The summed E-state index contributed by atoms with van der Waals surface area (Å²) in [6.45, 7) is 3.61. The second-order valence-electron chi connectivity index (χ2n) is 5.18. The number of carbonyl (C=O) groups excluding carboxylic acids is 1. The molecule has 2 rings (SSSR count). The lowest BCUT2D eigenvalue weighted by molar-refractivity contribution is 0.0754. The highest BCUT2D eigenvalue weighted by molar-refractivity contribution is 8.13. The van der Waals surface area contributed by atoms with Gasteiger partial charge in [-0.3, -0.25) is 4.79 Å². The molecule has 7 heteroatoms. The predicted octanol–water partition coefficient (Wildman–Crippen LogP) is 2.59. The van der Waals surface area contributed by atoms with E-state index in [1.807, 2.05) is 0 Å². The molecule has 1 aliphatic rings. The molecule has 1 amide bonds. The Balaban J connectivity index is 2.09. The van der Waals surface area contributed by atoms with Crippen LogP contribution in [-0.2, 0) is 9.05 Å². The van der Waals surface area contributed by atoms with Crippen molar-refractivity contribution in [2.24, 2.45) is 5.92 Å². The van der Waals surface area contributed by atoms with Crippen LogP contribution in [0.4, 0.5) is 0 Å². The van der Waals surface area contributed by atoms with Crippen LogP contribution in [-0.4, -0.2) is 37.3 Å². The topological polar surface area (TPSA) is 70.2 Å². The molecule has 1 aromatic rings. The molecule has 1 aromatic heterocycles. The number of carbonyl (C=O) groups is 1. The van der Waals surface area contributed by atoms with E-state index in [1.54, 1.807) is 4.90 Å². The first-order chi connectivity index (χ1) is 9.41. The van der Waals surface area contributed by atoms with Gasteiger partial charge in [0.15, 0.2) is 0 Å². The summed E-state index contributed by atoms with van der Waals surface area (Å²) in [6, 6.07) is 1.30. The normalized spacial score (nSPS) is 20.7. The molecule has 112 valence electrons. The number of aromatic nitrogens is 1. The highest BCUT2D eigenvalue weighted by Gasteiger charge is 2.23. The standard InChI is InChI=1S/C13H19ClN2O3S/c1-2-10-4-3-6-16(7-5-10)13(17)12-8-11(9-15-12)20(14,18)19/h8-10,15H,2-7H2,1H3. The first kappa shape index (κ1) is 15.4. The van der Waals surface area contributed by atoms with Gasteiger partial charge in [0.05, 0.1) is 0 Å². The zero-order valence-corrected chi connectivity index (χ0v) is 13.0. The van der Waals surface area contributed by atoms with Gasteiger partial charge in [-0.25, -0.2) is 8.42 Å². The summed E-state index contributed by atoms with van der Waals surface area (Å²) in [5.41, 5.74) is 0.277. The van der Waals surface area contributed by atoms with E-state index < -0.39 is 9.05 Å². The van der Waals surface area contributed by atoms with Crippen LogP contribution in [0.1, 0.15) is 43.1 Å². The smallest absolute Gasteiger partial charge is 0.270 e. The zero-order valence-electron chi connectivity index (χ0n) is 11.4. The molecule has 0 aliphatic carbocycles. The molecule has 0 radical (unpaired) electrons. The van der Waals surface area contributed by atoms with E-state index in [2.05, 4.69) is 11.9 Å². The second kappa shape index (κ2) is 6.18. The van der Waals surface area contributed by atoms with E-state index in [1.165, 1.54) is 12.3 Å². The van der Waals surface area contributed by atoms with Crippen LogP contribution in [0.25, 0.3) is 0 Å². The summed E-state index contributed by atoms with van der Waals surface area (Å²) in [5, 5.41) is 0. The maximum atomic E-state index is 12.3. The van der Waals surface area contributed by atoms with E-state index in [4.69, 9.17) is 10.7 Å². The van der Waals surface area contributed by atoms with E-state index in [0.29, 0.717) is 5.92 Å². The van der Waals surface area contributed by atoms with Crippen molar-refractivity contribution in [1.29, 1.82) is 0 Å². The monoisotopic (exact) mass is 318 g/mol. The highest BCUT2D eigenvalue weighted by Crippen LogP contribution is 2.22. The fourth-order valence-electron chi connectivity index (χ4n) is 2.59. The van der Waals surface area contributed by atoms with Crippen LogP contribution in [0.15, 0.2) is 17.2 Å². The number of hydrogen-bond acceptors (Lipinski definition) is 3. The van der Waals surface area contributed by atoms with E-state index in [-0.39, 0.29) is 16.5 Å². The van der Waals surface area contributed by atoms with Gasteiger partial charge in [0.25, 0.3) is 15.0 Å². The lowest BCUT2D eigenvalue weighted by Crippen LogP contribution is -2.32. The number of H-pyrrole nitrogens is 1. The van der Waals surface area contributed by atoms with Gasteiger partial charge in [-0.15, -0.1) is 0 Å². The number of likely N-dealkylation sites (tertiary alicyclic amines) is 1. The first-order valence-corrected chi connectivity index (χ1v) is 9.15. The van der Waals surface area contributed by atoms with Crippen molar-refractivity contribution in [1.82, 2.24) is 9.88 Å². The fourth-order valence-corrected chi connectivity index (χ4v) is 3.31. The minimum Gasteiger partial charge on any atom is -0.356 e. The quantitative estimate of drug-likeness (QED) is 0.871. The Morgan fingerprint density at radius 1 is 1.45 bits per heavy atom. The van der Waals surface area contributed by atoms with Gasteiger partial charge in [-0.2, -0.15) is 0 Å². The number of nitrogens with one attached hydrogen (secondary N) is 1. The summed E-state index contributed by atoms with van der Waals surface area (Å²) in [7, 11) is 1.46. The highest BCUT2D eigenvalue weighted by atomic mass is 35.7. The predicted molar refractivity (Wildman–Crippen MR) is 77.4 cm³/mol. The summed E-state index contributed by atoms with van der Waals surface area (Å²) < 4.78 is 22.4. The molecular weight excluding hydrogens is 300 g/mol. The molecule has 1 fully saturated rings. The van der Waals surface area contributed by atoms with Gasteiger partial charge < -0.3 is 9.88 Å². The lowest BCUT2D eigenvalue weighted by atomic mass is 9.98. The maximum Gasteiger partial charge on any atom is 0.270 e. The number of halogens is 1. The van der Waals surface area contributed by atoms with Crippen LogP contribution >= 0.6 is 10.7 Å². The molecule has 2 heterocycles. The Morgan fingerprint density at radius 3 is 2.80 bits per heavy atom. The van der Waals surface area contributed by atoms with Crippen LogP contribution in [0, 0.1) is 5.92 Å². The van der Waals surface area contributed by atoms with E-state index >= 15 is 0 Å². The van der Waals surface area contributed by atoms with Gasteiger partial charge in [-0.1, -0.05) is 13.3 Å². The summed E-state index contributed by atoms with van der Waals surface area (Å²) in [4.78, 5) is 16.8. The van der Waals surface area contributed by atoms with Crippen molar-refractivity contribution >= 4 is 25.6 Å². The molecule has 20 heavy (non-hydrogen) atoms. The van der Waals surface area contributed by atoms with E-state index in [9.17, 15) is 13.2 Å². The summed E-state index contributed by atoms with van der Waals surface area (Å²) in [5.74, 6) is 0.517. The molecule has 5 nitrogen and oxygen atoms in total. The van der Waals surface area contributed by atoms with Crippen molar-refractivity contribution in [3.8, 4) is 0 Å². The minimum atomic E-state index is -3.80. The van der Waals surface area contributed by atoms with Gasteiger partial charge in [0.2, 0.25) is 0 Å². The van der Waals surface area contributed by atoms with Gasteiger partial charge in [0, 0.05) is 30.0 Å². The Morgan fingerprint density at radius 2 is 2.20 bits per heavy atom. The Hall–Kier alpha value is -1.01. The van der Waals surface area contributed by atoms with Crippen molar-refractivity contribution in [3.05, 3.63) is 18.0 Å². The molecule has 1 aliphatic heterocycles. The summed E-state index contributed by atoms with van der Waals surface area (Å²) in [6.07, 6.45) is 5.53. The molecule has 1 saturated heterocycles. The molecule has 0 saturated carbocycles. The lowest BCUT2D eigenvalue weighted by Gasteiger charge is -2.19. The molecule has 1 atom stereocenters. The molecule has 0 aromatic carbocycles. The van der Waals surface area contributed by atoms with Crippen LogP contribution in [0.3, 0.4) is 0 Å². The third-order valence-corrected chi connectivity index (χ3v) is 5.21. The van der Waals surface area contributed by atoms with Crippen LogP contribution in [0.2, 0.25) is 0 Å². The second-order valence-corrected chi connectivity index (χ2v) is 7.75. The summed E-state index contributed by atoms with van der Waals surface area (Å²) >= 11 is 0. The number of hydrogen-bond donors (Lipinski definition) is 1. The fraction of sp³-hybridized carbons (Fsp3) is 0.615. The first-order valence-electron chi connectivity index (χ1n) is 6.84. The average Bonchev–Trinajstić information content (AvgIpc) is 2.77. The van der Waals surface area contributed by atoms with E-state index in [0.717, 1.165) is 38.8 Å². The minimum absolute atomic E-state index is 0.0660. The van der Waals surface area contributed by atoms with Gasteiger partial charge in [0.1, 0.15) is 10.6 Å². The Kier molecular flexibility index (Phi) is 4.75. The largest absolute Gasteiger partial charge is 0.356 e. The zero-order chi connectivity index (χ0) is 14.8. The van der Waals surface area contributed by atoms with Crippen molar-refractivity contribution in [2.75, 3.05) is 13.1 Å². The van der Waals surface area contributed by atoms with Gasteiger partial charge >= 0.3 is 0 Å². The number of aromatic amines is 1. The molecular formula is C13H19ClN2O3S. The van der Waals surface area contributed by atoms with Crippen molar-refractivity contribution < 1.29 is 13.2 Å². The number of nitrogens with zero attached hydrogens (tertiary/aromatic N) is 1. The van der Waals surface area contributed by atoms with Crippen molar-refractivity contribution in [2.45, 2.75) is 37.5 Å². The molecule has 0 bridgehead atoms. The van der Waals surface area contributed by atoms with Crippen LogP contribution in [0.5, 0.6) is 0 Å². The molecule has 0 spiro atoms. The maximum absolute atomic E-state index is 12.3. The van der Waals surface area contributed by atoms with Crippen LogP contribution < -0.4 is 0 Å². The Bertz CT molecular complexity index is 582. The van der Waals surface area contributed by atoms with Crippen molar-refractivity contribution in [3.63, 3.8) is 0 Å². The number of amides is 1.